The summed E-state index contributed by atoms with van der Waals surface area (Å²) < 4.78 is 5.70. The fourth-order valence-corrected chi connectivity index (χ4v) is 3.31. The lowest BCUT2D eigenvalue weighted by molar-refractivity contribution is -0.131. The van der Waals surface area contributed by atoms with Crippen molar-refractivity contribution in [3.05, 3.63) is 65.2 Å². The molecule has 0 unspecified atom stereocenters. The fraction of sp³-hybridized carbons (Fsp3) is 0.391. The largest absolute Gasteiger partial charge is 0.492 e. The molecule has 0 saturated carbocycles. The number of aliphatic imine (C=N–C) groups is 1. The fourth-order valence-electron chi connectivity index (χ4n) is 3.31. The van der Waals surface area contributed by atoms with Crippen LogP contribution in [0.3, 0.4) is 0 Å². The van der Waals surface area contributed by atoms with Crippen LogP contribution in [0.4, 0.5) is 0 Å². The molecule has 6 nitrogen and oxygen atoms in total. The molecule has 0 aromatic heterocycles. The number of hydrogen-bond donors (Lipinski definition) is 2. The monoisotopic (exact) mass is 522 g/mol. The van der Waals surface area contributed by atoms with Gasteiger partial charge in [0.05, 0.1) is 6.54 Å². The van der Waals surface area contributed by atoms with Crippen molar-refractivity contribution in [3.8, 4) is 5.75 Å². The van der Waals surface area contributed by atoms with Crippen LogP contribution in [0.15, 0.2) is 53.5 Å². The molecule has 0 radical (unpaired) electrons. The molecule has 2 N–H and O–H groups in total. The highest BCUT2D eigenvalue weighted by Gasteiger charge is 2.22. The van der Waals surface area contributed by atoms with E-state index in [0.717, 1.165) is 31.2 Å². The van der Waals surface area contributed by atoms with E-state index in [1.807, 2.05) is 41.3 Å². The van der Waals surface area contributed by atoms with Gasteiger partial charge in [0.2, 0.25) is 5.91 Å². The van der Waals surface area contributed by atoms with Gasteiger partial charge in [-0.05, 0) is 36.6 Å². The first-order valence-corrected chi connectivity index (χ1v) is 10.1. The summed E-state index contributed by atoms with van der Waals surface area (Å²) in [6.07, 6.45) is 1.31. The number of nitrogens with one attached hydrogen (secondary N) is 2. The van der Waals surface area contributed by atoms with E-state index in [1.165, 1.54) is 16.7 Å². The third-order valence-corrected chi connectivity index (χ3v) is 4.96. The lowest BCUT2D eigenvalue weighted by Crippen LogP contribution is -2.40. The molecule has 0 atom stereocenters. The molecule has 0 aliphatic carbocycles. The molecule has 0 spiro atoms. The number of fused-ring (bicyclic) bond motifs is 1. The van der Waals surface area contributed by atoms with Gasteiger partial charge in [-0.1, -0.05) is 42.0 Å². The molecule has 2 aromatic carbocycles. The highest BCUT2D eigenvalue weighted by molar-refractivity contribution is 14.0. The van der Waals surface area contributed by atoms with Crippen molar-refractivity contribution >= 4 is 35.8 Å². The summed E-state index contributed by atoms with van der Waals surface area (Å²) >= 11 is 0. The van der Waals surface area contributed by atoms with E-state index in [1.54, 1.807) is 7.05 Å². The third kappa shape index (κ3) is 7.19. The maximum absolute atomic E-state index is 12.4. The Morgan fingerprint density at radius 1 is 1.03 bits per heavy atom. The number of ether oxygens (including phenoxy) is 1. The summed E-state index contributed by atoms with van der Waals surface area (Å²) in [5.74, 6) is 1.79. The summed E-state index contributed by atoms with van der Waals surface area (Å²) in [6, 6.07) is 16.3. The van der Waals surface area contributed by atoms with Crippen molar-refractivity contribution in [2.24, 2.45) is 4.99 Å². The lowest BCUT2D eigenvalue weighted by Gasteiger charge is -2.16. The van der Waals surface area contributed by atoms with Crippen LogP contribution in [0.1, 0.15) is 29.5 Å². The Morgan fingerprint density at radius 2 is 1.67 bits per heavy atom. The van der Waals surface area contributed by atoms with Gasteiger partial charge in [-0.3, -0.25) is 9.79 Å². The molecule has 1 aliphatic rings. The Labute approximate surface area is 196 Å². The average Bonchev–Trinajstić information content (AvgIpc) is 3.18. The van der Waals surface area contributed by atoms with Gasteiger partial charge >= 0.3 is 0 Å². The Morgan fingerprint density at radius 3 is 2.30 bits per heavy atom. The number of carbonyl (C=O) groups is 1. The number of nitrogens with zero attached hydrogens (tertiary/aromatic N) is 2. The molecular formula is C23H31IN4O2. The zero-order valence-corrected chi connectivity index (χ0v) is 20.0. The zero-order chi connectivity index (χ0) is 20.5. The number of aryl methyl sites for hydroxylation is 1. The lowest BCUT2D eigenvalue weighted by atomic mass is 10.1. The van der Waals surface area contributed by atoms with Crippen LogP contribution in [0.2, 0.25) is 0 Å². The molecule has 30 heavy (non-hydrogen) atoms. The minimum Gasteiger partial charge on any atom is -0.492 e. The van der Waals surface area contributed by atoms with Gasteiger partial charge in [0.1, 0.15) is 12.4 Å². The molecule has 1 aliphatic heterocycles. The Hall–Kier alpha value is -2.29. The second-order valence-electron chi connectivity index (χ2n) is 7.21. The maximum atomic E-state index is 12.4. The summed E-state index contributed by atoms with van der Waals surface area (Å²) in [5, 5.41) is 6.48. The minimum atomic E-state index is 0. The second kappa shape index (κ2) is 12.4. The van der Waals surface area contributed by atoms with Crippen LogP contribution in [0.5, 0.6) is 5.75 Å². The Bertz CT molecular complexity index is 814. The van der Waals surface area contributed by atoms with Gasteiger partial charge in [0, 0.05) is 33.1 Å². The molecule has 0 fully saturated rings. The van der Waals surface area contributed by atoms with E-state index in [2.05, 4.69) is 34.7 Å². The molecular weight excluding hydrogens is 491 g/mol. The first-order valence-electron chi connectivity index (χ1n) is 10.1. The van der Waals surface area contributed by atoms with Crippen molar-refractivity contribution in [3.63, 3.8) is 0 Å². The summed E-state index contributed by atoms with van der Waals surface area (Å²) in [4.78, 5) is 18.6. The second-order valence-corrected chi connectivity index (χ2v) is 7.21. The molecule has 7 heteroatoms. The van der Waals surface area contributed by atoms with Crippen molar-refractivity contribution < 1.29 is 9.53 Å². The van der Waals surface area contributed by atoms with Crippen LogP contribution in [-0.2, 0) is 17.9 Å². The first kappa shape index (κ1) is 24.0. The Balaban J connectivity index is 0.00000320. The van der Waals surface area contributed by atoms with E-state index < -0.39 is 0 Å². The van der Waals surface area contributed by atoms with Crippen LogP contribution in [-0.4, -0.2) is 43.5 Å². The van der Waals surface area contributed by atoms with Gasteiger partial charge in [-0.2, -0.15) is 0 Å². The van der Waals surface area contributed by atoms with Gasteiger partial charge in [0.25, 0.3) is 0 Å². The number of hydrogen-bond acceptors (Lipinski definition) is 3. The summed E-state index contributed by atoms with van der Waals surface area (Å²) in [5.41, 5.74) is 3.74. The van der Waals surface area contributed by atoms with Crippen molar-refractivity contribution in [2.45, 2.75) is 32.9 Å². The third-order valence-electron chi connectivity index (χ3n) is 4.96. The van der Waals surface area contributed by atoms with E-state index >= 15 is 0 Å². The SMILES string of the molecule is CN=C(NCCCC(=O)N1Cc2ccccc2C1)NCCOc1ccc(C)cc1.I. The highest BCUT2D eigenvalue weighted by atomic mass is 127. The smallest absolute Gasteiger partial charge is 0.223 e. The van der Waals surface area contributed by atoms with Crippen LogP contribution < -0.4 is 15.4 Å². The molecule has 1 amide bonds. The van der Waals surface area contributed by atoms with Gasteiger partial charge in [-0.15, -0.1) is 24.0 Å². The molecule has 1 heterocycles. The quantitative estimate of drug-likeness (QED) is 0.241. The predicted octanol–water partition coefficient (Wildman–Crippen LogP) is 3.48. The highest BCUT2D eigenvalue weighted by Crippen LogP contribution is 2.22. The molecule has 162 valence electrons. The van der Waals surface area contributed by atoms with Crippen molar-refractivity contribution in [1.82, 2.24) is 15.5 Å². The number of carbonyl (C=O) groups excluding carboxylic acids is 1. The van der Waals surface area contributed by atoms with Gasteiger partial charge in [0.15, 0.2) is 5.96 Å². The zero-order valence-electron chi connectivity index (χ0n) is 17.7. The number of benzene rings is 2. The first-order chi connectivity index (χ1) is 14.2. The van der Waals surface area contributed by atoms with E-state index in [0.29, 0.717) is 26.1 Å². The Kier molecular flexibility index (Phi) is 9.93. The molecule has 2 aromatic rings. The average molecular weight is 522 g/mol. The number of halogens is 1. The number of amides is 1. The van der Waals surface area contributed by atoms with Gasteiger partial charge < -0.3 is 20.3 Å². The van der Waals surface area contributed by atoms with Crippen molar-refractivity contribution in [2.75, 3.05) is 26.7 Å². The molecule has 0 bridgehead atoms. The molecule has 3 rings (SSSR count). The molecule has 0 saturated heterocycles. The normalized spacial score (nSPS) is 12.7. The predicted molar refractivity (Wildman–Crippen MR) is 131 cm³/mol. The summed E-state index contributed by atoms with van der Waals surface area (Å²) in [7, 11) is 1.74. The maximum Gasteiger partial charge on any atom is 0.223 e. The number of rotatable bonds is 8. The van der Waals surface area contributed by atoms with Crippen LogP contribution in [0, 0.1) is 6.92 Å². The van der Waals surface area contributed by atoms with E-state index in [4.69, 9.17) is 4.74 Å². The standard InChI is InChI=1S/C23H30N4O2.HI/c1-18-9-11-21(12-10-18)29-15-14-26-23(24-2)25-13-5-8-22(28)27-16-19-6-3-4-7-20(19)17-27;/h3-4,6-7,9-12H,5,8,13-17H2,1-2H3,(H2,24,25,26);1H. The van der Waals surface area contributed by atoms with E-state index in [9.17, 15) is 4.79 Å². The van der Waals surface area contributed by atoms with Crippen molar-refractivity contribution in [1.29, 1.82) is 0 Å². The van der Waals surface area contributed by atoms with Crippen LogP contribution >= 0.6 is 24.0 Å². The topological polar surface area (TPSA) is 66.0 Å². The van der Waals surface area contributed by atoms with E-state index in [-0.39, 0.29) is 29.9 Å². The van der Waals surface area contributed by atoms with Gasteiger partial charge in [-0.25, -0.2) is 0 Å². The summed E-state index contributed by atoms with van der Waals surface area (Å²) in [6.45, 7) is 5.42. The minimum absolute atomic E-state index is 0. The number of guanidine groups is 1. The van der Waals surface area contributed by atoms with Crippen LogP contribution in [0.25, 0.3) is 0 Å².